The lowest BCUT2D eigenvalue weighted by atomic mass is 10.0. The zero-order chi connectivity index (χ0) is 13.8. The second-order valence-corrected chi connectivity index (χ2v) is 4.31. The van der Waals surface area contributed by atoms with E-state index in [1.807, 2.05) is 13.8 Å². The van der Waals surface area contributed by atoms with Crippen LogP contribution < -0.4 is 0 Å². The van der Waals surface area contributed by atoms with Crippen molar-refractivity contribution in [2.45, 2.75) is 52.4 Å². The largest absolute Gasteiger partial charge is 0.396 e. The zero-order valence-electron chi connectivity index (χ0n) is 11.3. The van der Waals surface area contributed by atoms with Crippen LogP contribution in [0, 0.1) is 5.92 Å². The molecule has 0 rings (SSSR count). The van der Waals surface area contributed by atoms with Gasteiger partial charge < -0.3 is 25.2 Å². The summed E-state index contributed by atoms with van der Waals surface area (Å²) in [4.78, 5) is 0. The molecule has 17 heavy (non-hydrogen) atoms. The third kappa shape index (κ3) is 13.7. The average molecular weight is 252 g/mol. The van der Waals surface area contributed by atoms with Crippen molar-refractivity contribution in [3.8, 4) is 0 Å². The Morgan fingerprint density at radius 2 is 1.53 bits per heavy atom. The maximum Gasteiger partial charge on any atom is 0.0779 e. The Bertz CT molecular complexity index is 144. The fourth-order valence-electron chi connectivity index (χ4n) is 0.880. The lowest BCUT2D eigenvalue weighted by molar-refractivity contribution is -0.0177. The molecule has 106 valence electrons. The van der Waals surface area contributed by atoms with Gasteiger partial charge >= 0.3 is 0 Å². The van der Waals surface area contributed by atoms with Crippen molar-refractivity contribution < 1.29 is 25.2 Å². The van der Waals surface area contributed by atoms with Crippen molar-refractivity contribution in [2.24, 2.45) is 5.92 Å². The molecular formula is C12H28O5. The molecule has 0 fully saturated rings. The van der Waals surface area contributed by atoms with Crippen molar-refractivity contribution in [1.29, 1.82) is 0 Å². The first-order chi connectivity index (χ1) is 7.88. The Balaban J connectivity index is 0. The highest BCUT2D eigenvalue weighted by atomic mass is 16.5. The lowest BCUT2D eigenvalue weighted by Crippen LogP contribution is -2.19. The minimum Gasteiger partial charge on any atom is -0.396 e. The second-order valence-electron chi connectivity index (χ2n) is 4.31. The van der Waals surface area contributed by atoms with E-state index in [4.69, 9.17) is 25.2 Å². The SMILES string of the molecule is CC(O)COC(C)CO.CCC(O)C(C)CO. The van der Waals surface area contributed by atoms with Crippen LogP contribution >= 0.6 is 0 Å². The molecule has 0 saturated heterocycles. The van der Waals surface area contributed by atoms with Crippen molar-refractivity contribution in [3.63, 3.8) is 0 Å². The van der Waals surface area contributed by atoms with Crippen LogP contribution in [-0.4, -0.2) is 58.6 Å². The fraction of sp³-hybridized carbons (Fsp3) is 1.00. The van der Waals surface area contributed by atoms with Crippen LogP contribution in [0.25, 0.3) is 0 Å². The molecule has 0 radical (unpaired) electrons. The molecule has 0 saturated carbocycles. The van der Waals surface area contributed by atoms with E-state index < -0.39 is 6.10 Å². The van der Waals surface area contributed by atoms with Crippen LogP contribution in [0.2, 0.25) is 0 Å². The van der Waals surface area contributed by atoms with Crippen LogP contribution in [0.1, 0.15) is 34.1 Å². The number of ether oxygens (including phenoxy) is 1. The van der Waals surface area contributed by atoms with E-state index in [-0.39, 0.29) is 31.3 Å². The molecule has 0 heterocycles. The van der Waals surface area contributed by atoms with Gasteiger partial charge in [-0.25, -0.2) is 0 Å². The maximum absolute atomic E-state index is 8.97. The van der Waals surface area contributed by atoms with Gasteiger partial charge in [-0.15, -0.1) is 0 Å². The van der Waals surface area contributed by atoms with Crippen LogP contribution in [0.5, 0.6) is 0 Å². The molecule has 0 aliphatic heterocycles. The molecule has 0 aromatic rings. The van der Waals surface area contributed by atoms with Crippen molar-refractivity contribution in [3.05, 3.63) is 0 Å². The van der Waals surface area contributed by atoms with Crippen molar-refractivity contribution in [1.82, 2.24) is 0 Å². The fourth-order valence-corrected chi connectivity index (χ4v) is 0.880. The Morgan fingerprint density at radius 3 is 1.76 bits per heavy atom. The lowest BCUT2D eigenvalue weighted by Gasteiger charge is -2.12. The molecule has 0 aromatic heterocycles. The van der Waals surface area contributed by atoms with Crippen LogP contribution in [0.15, 0.2) is 0 Å². The van der Waals surface area contributed by atoms with Gasteiger partial charge in [-0.3, -0.25) is 0 Å². The van der Waals surface area contributed by atoms with E-state index in [2.05, 4.69) is 0 Å². The van der Waals surface area contributed by atoms with E-state index >= 15 is 0 Å². The van der Waals surface area contributed by atoms with Crippen LogP contribution in [0.3, 0.4) is 0 Å². The van der Waals surface area contributed by atoms with Gasteiger partial charge in [0.25, 0.3) is 0 Å². The molecule has 5 heteroatoms. The van der Waals surface area contributed by atoms with Gasteiger partial charge in [0.1, 0.15) is 0 Å². The first-order valence-electron chi connectivity index (χ1n) is 6.08. The summed E-state index contributed by atoms with van der Waals surface area (Å²) in [5.74, 6) is 0.0278. The highest BCUT2D eigenvalue weighted by molar-refractivity contribution is 4.59. The monoisotopic (exact) mass is 252 g/mol. The van der Waals surface area contributed by atoms with Gasteiger partial charge in [-0.2, -0.15) is 0 Å². The molecule has 4 atom stereocenters. The summed E-state index contributed by atoms with van der Waals surface area (Å²) in [6.07, 6.45) is -0.222. The molecular weight excluding hydrogens is 224 g/mol. The standard InChI is InChI=1S/C6H14O3.C6H14O2/c1-5(8)4-9-6(2)3-7;1-3-6(8)5(2)4-7/h5-8H,3-4H2,1-2H3;5-8H,3-4H2,1-2H3. The smallest absolute Gasteiger partial charge is 0.0779 e. The predicted molar refractivity (Wildman–Crippen MR) is 66.7 cm³/mol. The van der Waals surface area contributed by atoms with E-state index in [1.165, 1.54) is 0 Å². The molecule has 0 aromatic carbocycles. The van der Waals surface area contributed by atoms with Gasteiger partial charge in [0.15, 0.2) is 0 Å². The summed E-state index contributed by atoms with van der Waals surface area (Å²) < 4.78 is 4.95. The highest BCUT2D eigenvalue weighted by Gasteiger charge is 2.08. The predicted octanol–water partition coefficient (Wildman–Crippen LogP) is 0.150. The third-order valence-electron chi connectivity index (χ3n) is 2.24. The molecule has 4 N–H and O–H groups in total. The normalized spacial score (nSPS) is 17.6. The Kier molecular flexibility index (Phi) is 13.8. The quantitative estimate of drug-likeness (QED) is 0.518. The van der Waals surface area contributed by atoms with E-state index in [0.717, 1.165) is 6.42 Å². The summed E-state index contributed by atoms with van der Waals surface area (Å²) in [7, 11) is 0. The number of hydrogen-bond acceptors (Lipinski definition) is 5. The topological polar surface area (TPSA) is 90.2 Å². The maximum atomic E-state index is 8.97. The number of aliphatic hydroxyl groups excluding tert-OH is 4. The van der Waals surface area contributed by atoms with Crippen LogP contribution in [0.4, 0.5) is 0 Å². The molecule has 0 amide bonds. The van der Waals surface area contributed by atoms with E-state index in [0.29, 0.717) is 6.61 Å². The molecule has 4 unspecified atom stereocenters. The summed E-state index contributed by atoms with van der Waals surface area (Å²) in [6.45, 7) is 7.50. The molecule has 0 bridgehead atoms. The highest BCUT2D eigenvalue weighted by Crippen LogP contribution is 2.03. The summed E-state index contributed by atoms with van der Waals surface area (Å²) in [5, 5.41) is 34.6. The van der Waals surface area contributed by atoms with Gasteiger partial charge in [-0.05, 0) is 20.3 Å². The van der Waals surface area contributed by atoms with E-state index in [1.54, 1.807) is 13.8 Å². The number of hydrogen-bond donors (Lipinski definition) is 4. The minimum absolute atomic E-state index is 0.00667. The average Bonchev–Trinajstić information content (AvgIpc) is 2.34. The summed E-state index contributed by atoms with van der Waals surface area (Å²) in [5.41, 5.74) is 0. The number of rotatable bonds is 7. The second kappa shape index (κ2) is 12.3. The van der Waals surface area contributed by atoms with Gasteiger partial charge in [0.2, 0.25) is 0 Å². The number of aliphatic hydroxyl groups is 4. The first-order valence-corrected chi connectivity index (χ1v) is 6.08. The molecule has 0 spiro atoms. The molecule has 0 aliphatic rings. The van der Waals surface area contributed by atoms with Crippen molar-refractivity contribution >= 4 is 0 Å². The molecule has 5 nitrogen and oxygen atoms in total. The third-order valence-corrected chi connectivity index (χ3v) is 2.24. The zero-order valence-corrected chi connectivity index (χ0v) is 11.3. The summed E-state index contributed by atoms with van der Waals surface area (Å²) >= 11 is 0. The Labute approximate surface area is 104 Å². The first kappa shape index (κ1) is 19.1. The Morgan fingerprint density at radius 1 is 1.00 bits per heavy atom. The van der Waals surface area contributed by atoms with Gasteiger partial charge in [-0.1, -0.05) is 13.8 Å². The van der Waals surface area contributed by atoms with E-state index in [9.17, 15) is 0 Å². The summed E-state index contributed by atoms with van der Waals surface area (Å²) in [6, 6.07) is 0. The Hall–Kier alpha value is -0.200. The van der Waals surface area contributed by atoms with Crippen molar-refractivity contribution in [2.75, 3.05) is 19.8 Å². The van der Waals surface area contributed by atoms with Crippen LogP contribution in [-0.2, 0) is 4.74 Å². The molecule has 0 aliphatic carbocycles. The van der Waals surface area contributed by atoms with Gasteiger partial charge in [0, 0.05) is 12.5 Å². The minimum atomic E-state index is -0.445. The van der Waals surface area contributed by atoms with Gasteiger partial charge in [0.05, 0.1) is 31.5 Å².